The minimum absolute atomic E-state index is 0.232. The fraction of sp³-hybridized carbons (Fsp3) is 0.0769. The van der Waals surface area contributed by atoms with Gasteiger partial charge in [0.25, 0.3) is 0 Å². The molecule has 0 spiro atoms. The third-order valence-electron chi connectivity index (χ3n) is 2.34. The van der Waals surface area contributed by atoms with E-state index >= 15 is 0 Å². The summed E-state index contributed by atoms with van der Waals surface area (Å²) in [4.78, 5) is 0. The summed E-state index contributed by atoms with van der Waals surface area (Å²) >= 11 is 6.73. The van der Waals surface area contributed by atoms with E-state index in [1.54, 1.807) is 6.07 Å². The van der Waals surface area contributed by atoms with Crippen LogP contribution < -0.4 is 5.32 Å². The lowest BCUT2D eigenvalue weighted by atomic mass is 10.2. The third kappa shape index (κ3) is 3.54. The standard InChI is InChI=1S/C13H10Br2FN/c14-10-2-5-12(6-3-10)17-8-9-1-4-11(16)7-13(9)15/h1-7,17H,8H2. The second-order valence-electron chi connectivity index (χ2n) is 3.60. The second kappa shape index (κ2) is 5.65. The van der Waals surface area contributed by atoms with Gasteiger partial charge in [-0.2, -0.15) is 0 Å². The molecule has 0 saturated carbocycles. The molecule has 0 radical (unpaired) electrons. The summed E-state index contributed by atoms with van der Waals surface area (Å²) < 4.78 is 14.7. The van der Waals surface area contributed by atoms with Gasteiger partial charge in [-0.15, -0.1) is 0 Å². The Bertz CT molecular complexity index is 511. The van der Waals surface area contributed by atoms with Crippen LogP contribution in [0.1, 0.15) is 5.56 Å². The highest BCUT2D eigenvalue weighted by atomic mass is 79.9. The molecule has 0 heterocycles. The molecule has 0 aliphatic heterocycles. The van der Waals surface area contributed by atoms with Crippen molar-refractivity contribution in [2.24, 2.45) is 0 Å². The van der Waals surface area contributed by atoms with Crippen molar-refractivity contribution in [2.45, 2.75) is 6.54 Å². The minimum Gasteiger partial charge on any atom is -0.381 e. The average Bonchev–Trinajstić information content (AvgIpc) is 2.30. The summed E-state index contributed by atoms with van der Waals surface area (Å²) in [7, 11) is 0. The molecule has 2 rings (SSSR count). The zero-order valence-electron chi connectivity index (χ0n) is 8.88. The van der Waals surface area contributed by atoms with Gasteiger partial charge in [-0.1, -0.05) is 37.9 Å². The Labute approximate surface area is 116 Å². The summed E-state index contributed by atoms with van der Waals surface area (Å²) in [6.45, 7) is 0.655. The van der Waals surface area contributed by atoms with E-state index in [1.165, 1.54) is 12.1 Å². The molecule has 1 N–H and O–H groups in total. The lowest BCUT2D eigenvalue weighted by molar-refractivity contribution is 0.626. The number of nitrogens with one attached hydrogen (secondary N) is 1. The monoisotopic (exact) mass is 357 g/mol. The zero-order chi connectivity index (χ0) is 12.3. The molecule has 2 aromatic carbocycles. The van der Waals surface area contributed by atoms with Crippen LogP contribution >= 0.6 is 31.9 Å². The molecule has 1 nitrogen and oxygen atoms in total. The Balaban J connectivity index is 2.04. The molecule has 4 heteroatoms. The van der Waals surface area contributed by atoms with Gasteiger partial charge < -0.3 is 5.32 Å². The van der Waals surface area contributed by atoms with E-state index in [1.807, 2.05) is 24.3 Å². The Morgan fingerprint density at radius 3 is 2.35 bits per heavy atom. The van der Waals surface area contributed by atoms with Crippen LogP contribution in [-0.2, 0) is 6.54 Å². The van der Waals surface area contributed by atoms with E-state index in [0.29, 0.717) is 6.54 Å². The van der Waals surface area contributed by atoms with Crippen LogP contribution in [0.3, 0.4) is 0 Å². The van der Waals surface area contributed by atoms with Crippen molar-refractivity contribution in [3.63, 3.8) is 0 Å². The second-order valence-corrected chi connectivity index (χ2v) is 5.37. The van der Waals surface area contributed by atoms with E-state index in [0.717, 1.165) is 20.2 Å². The average molecular weight is 359 g/mol. The predicted octanol–water partition coefficient (Wildman–Crippen LogP) is 4.96. The van der Waals surface area contributed by atoms with Gasteiger partial charge in [0.15, 0.2) is 0 Å². The molecule has 2 aromatic rings. The molecule has 0 saturated heterocycles. The van der Waals surface area contributed by atoms with Crippen molar-refractivity contribution >= 4 is 37.5 Å². The van der Waals surface area contributed by atoms with Gasteiger partial charge in [0, 0.05) is 21.2 Å². The lowest BCUT2D eigenvalue weighted by Crippen LogP contribution is -2.00. The molecule has 88 valence electrons. The molecule has 0 fully saturated rings. The van der Waals surface area contributed by atoms with Crippen LogP contribution in [0, 0.1) is 5.82 Å². The maximum Gasteiger partial charge on any atom is 0.124 e. The number of hydrogen-bond donors (Lipinski definition) is 1. The highest BCUT2D eigenvalue weighted by Crippen LogP contribution is 2.20. The van der Waals surface area contributed by atoms with Gasteiger partial charge in [0.1, 0.15) is 5.82 Å². The largest absolute Gasteiger partial charge is 0.381 e. The molecule has 0 aliphatic carbocycles. The van der Waals surface area contributed by atoms with Gasteiger partial charge in [-0.05, 0) is 42.0 Å². The van der Waals surface area contributed by atoms with Gasteiger partial charge >= 0.3 is 0 Å². The molecule has 0 aromatic heterocycles. The minimum atomic E-state index is -0.232. The maximum absolute atomic E-state index is 12.9. The highest BCUT2D eigenvalue weighted by molar-refractivity contribution is 9.10. The molecule has 0 aliphatic rings. The van der Waals surface area contributed by atoms with Crippen molar-refractivity contribution in [2.75, 3.05) is 5.32 Å². The molecule has 0 unspecified atom stereocenters. The first-order valence-electron chi connectivity index (χ1n) is 5.08. The number of benzene rings is 2. The third-order valence-corrected chi connectivity index (χ3v) is 3.61. The van der Waals surface area contributed by atoms with Crippen molar-refractivity contribution in [3.05, 3.63) is 62.8 Å². The van der Waals surface area contributed by atoms with Gasteiger partial charge in [0.05, 0.1) is 0 Å². The van der Waals surface area contributed by atoms with Crippen molar-refractivity contribution in [3.8, 4) is 0 Å². The maximum atomic E-state index is 12.9. The molecule has 17 heavy (non-hydrogen) atoms. The summed E-state index contributed by atoms with van der Waals surface area (Å²) in [6, 6.07) is 12.6. The van der Waals surface area contributed by atoms with E-state index in [2.05, 4.69) is 37.2 Å². The number of anilines is 1. The smallest absolute Gasteiger partial charge is 0.124 e. The van der Waals surface area contributed by atoms with E-state index < -0.39 is 0 Å². The van der Waals surface area contributed by atoms with Gasteiger partial charge in [0.2, 0.25) is 0 Å². The molecular weight excluding hydrogens is 349 g/mol. The first kappa shape index (κ1) is 12.6. The summed E-state index contributed by atoms with van der Waals surface area (Å²) in [5.74, 6) is -0.232. The van der Waals surface area contributed by atoms with E-state index in [4.69, 9.17) is 0 Å². The van der Waals surface area contributed by atoms with Crippen LogP contribution in [-0.4, -0.2) is 0 Å². The topological polar surface area (TPSA) is 12.0 Å². The lowest BCUT2D eigenvalue weighted by Gasteiger charge is -2.08. The Kier molecular flexibility index (Phi) is 4.18. The number of halogens is 3. The molecular formula is C13H10Br2FN. The number of rotatable bonds is 3. The van der Waals surface area contributed by atoms with E-state index in [-0.39, 0.29) is 5.82 Å². The normalized spacial score (nSPS) is 10.3. The fourth-order valence-corrected chi connectivity index (χ4v) is 2.19. The van der Waals surface area contributed by atoms with Crippen LogP contribution in [0.2, 0.25) is 0 Å². The Hall–Kier alpha value is -0.870. The van der Waals surface area contributed by atoms with Crippen LogP contribution in [0.25, 0.3) is 0 Å². The SMILES string of the molecule is Fc1ccc(CNc2ccc(Br)cc2)c(Br)c1. The predicted molar refractivity (Wildman–Crippen MR) is 75.6 cm³/mol. The Morgan fingerprint density at radius 1 is 1.00 bits per heavy atom. The van der Waals surface area contributed by atoms with Crippen molar-refractivity contribution in [1.82, 2.24) is 0 Å². The van der Waals surface area contributed by atoms with Gasteiger partial charge in [-0.3, -0.25) is 0 Å². The van der Waals surface area contributed by atoms with E-state index in [9.17, 15) is 4.39 Å². The molecule has 0 amide bonds. The Morgan fingerprint density at radius 2 is 1.71 bits per heavy atom. The summed E-state index contributed by atoms with van der Waals surface area (Å²) in [5, 5.41) is 3.28. The molecule has 0 bridgehead atoms. The first-order valence-corrected chi connectivity index (χ1v) is 6.67. The molecule has 0 atom stereocenters. The van der Waals surface area contributed by atoms with Crippen LogP contribution in [0.15, 0.2) is 51.4 Å². The first-order chi connectivity index (χ1) is 8.15. The van der Waals surface area contributed by atoms with Crippen LogP contribution in [0.4, 0.5) is 10.1 Å². The van der Waals surface area contributed by atoms with Gasteiger partial charge in [-0.25, -0.2) is 4.39 Å². The number of hydrogen-bond acceptors (Lipinski definition) is 1. The highest BCUT2D eigenvalue weighted by Gasteiger charge is 2.01. The summed E-state index contributed by atoms with van der Waals surface area (Å²) in [6.07, 6.45) is 0. The summed E-state index contributed by atoms with van der Waals surface area (Å²) in [5.41, 5.74) is 2.05. The van der Waals surface area contributed by atoms with Crippen molar-refractivity contribution < 1.29 is 4.39 Å². The zero-order valence-corrected chi connectivity index (χ0v) is 12.1. The quantitative estimate of drug-likeness (QED) is 0.817. The van der Waals surface area contributed by atoms with Crippen LogP contribution in [0.5, 0.6) is 0 Å². The fourth-order valence-electron chi connectivity index (χ4n) is 1.43. The van der Waals surface area contributed by atoms with Crippen molar-refractivity contribution in [1.29, 1.82) is 0 Å².